The first-order valence-corrected chi connectivity index (χ1v) is 5.19. The van der Waals surface area contributed by atoms with Gasteiger partial charge in [-0.1, -0.05) is 18.2 Å². The van der Waals surface area contributed by atoms with Crippen molar-refractivity contribution in [2.75, 3.05) is 6.54 Å². The fourth-order valence-electron chi connectivity index (χ4n) is 1.63. The van der Waals surface area contributed by atoms with E-state index in [4.69, 9.17) is 22.8 Å². The fourth-order valence-corrected chi connectivity index (χ4v) is 1.71. The maximum absolute atomic E-state index is 5.71. The molecule has 1 aliphatic rings. The summed E-state index contributed by atoms with van der Waals surface area (Å²) >= 11 is 4.87. The molecule has 1 aliphatic heterocycles. The van der Waals surface area contributed by atoms with E-state index in [0.717, 1.165) is 12.2 Å². The van der Waals surface area contributed by atoms with Crippen molar-refractivity contribution >= 4 is 17.3 Å². The van der Waals surface area contributed by atoms with E-state index in [0.29, 0.717) is 11.7 Å². The van der Waals surface area contributed by atoms with Crippen LogP contribution in [0.2, 0.25) is 0 Å². The average Bonchev–Trinajstić information content (AvgIpc) is 2.68. The molecule has 0 aromatic heterocycles. The molecular formula is C10H13N3OS. The SMILES string of the molecule is NNC(=S)NCC1Cc2ccccc2O1. The van der Waals surface area contributed by atoms with Gasteiger partial charge >= 0.3 is 0 Å². The van der Waals surface area contributed by atoms with E-state index in [-0.39, 0.29) is 6.10 Å². The summed E-state index contributed by atoms with van der Waals surface area (Å²) in [6, 6.07) is 8.05. The van der Waals surface area contributed by atoms with Crippen LogP contribution in [0, 0.1) is 0 Å². The first-order valence-electron chi connectivity index (χ1n) is 4.78. The Morgan fingerprint density at radius 2 is 2.33 bits per heavy atom. The molecule has 1 aromatic carbocycles. The summed E-state index contributed by atoms with van der Waals surface area (Å²) in [5.41, 5.74) is 3.62. The zero-order valence-corrected chi connectivity index (χ0v) is 9.01. The summed E-state index contributed by atoms with van der Waals surface area (Å²) in [4.78, 5) is 0. The second kappa shape index (κ2) is 4.46. The van der Waals surface area contributed by atoms with E-state index in [2.05, 4.69) is 16.8 Å². The standard InChI is InChI=1S/C10H13N3OS/c11-13-10(15)12-6-8-5-7-3-1-2-4-9(7)14-8/h1-4,8H,5-6,11H2,(H2,12,13,15). The third-order valence-electron chi connectivity index (χ3n) is 2.34. The van der Waals surface area contributed by atoms with Crippen LogP contribution in [0.15, 0.2) is 24.3 Å². The summed E-state index contributed by atoms with van der Waals surface area (Å²) < 4.78 is 5.71. The maximum atomic E-state index is 5.71. The van der Waals surface area contributed by atoms with Crippen LogP contribution in [-0.4, -0.2) is 17.8 Å². The predicted octanol–water partition coefficient (Wildman–Crippen LogP) is 0.328. The summed E-state index contributed by atoms with van der Waals surface area (Å²) in [6.45, 7) is 0.664. The van der Waals surface area contributed by atoms with Crippen molar-refractivity contribution in [2.45, 2.75) is 12.5 Å². The van der Waals surface area contributed by atoms with Crippen LogP contribution >= 0.6 is 12.2 Å². The molecule has 0 amide bonds. The van der Waals surface area contributed by atoms with Gasteiger partial charge in [-0.25, -0.2) is 5.84 Å². The van der Waals surface area contributed by atoms with Crippen molar-refractivity contribution in [1.29, 1.82) is 0 Å². The highest BCUT2D eigenvalue weighted by molar-refractivity contribution is 7.80. The molecule has 1 aromatic rings. The van der Waals surface area contributed by atoms with Crippen molar-refractivity contribution in [2.24, 2.45) is 5.84 Å². The zero-order chi connectivity index (χ0) is 10.7. The van der Waals surface area contributed by atoms with Gasteiger partial charge in [-0.3, -0.25) is 0 Å². The smallest absolute Gasteiger partial charge is 0.180 e. The lowest BCUT2D eigenvalue weighted by Crippen LogP contribution is -2.43. The number of nitrogens with two attached hydrogens (primary N) is 1. The number of hydrazine groups is 1. The first kappa shape index (κ1) is 10.2. The normalized spacial score (nSPS) is 17.8. The number of benzene rings is 1. The second-order valence-electron chi connectivity index (χ2n) is 3.41. The van der Waals surface area contributed by atoms with E-state index in [9.17, 15) is 0 Å². The van der Waals surface area contributed by atoms with Crippen molar-refractivity contribution in [3.63, 3.8) is 0 Å². The number of nitrogens with one attached hydrogen (secondary N) is 2. The highest BCUT2D eigenvalue weighted by Crippen LogP contribution is 2.27. The number of hydrogen-bond donors (Lipinski definition) is 3. The quantitative estimate of drug-likeness (QED) is 0.383. The van der Waals surface area contributed by atoms with Crippen LogP contribution in [0.3, 0.4) is 0 Å². The Morgan fingerprint density at radius 1 is 1.53 bits per heavy atom. The first-order chi connectivity index (χ1) is 7.29. The minimum absolute atomic E-state index is 0.133. The Hall–Kier alpha value is -1.33. The van der Waals surface area contributed by atoms with Gasteiger partial charge in [0, 0.05) is 6.42 Å². The molecule has 4 nitrogen and oxygen atoms in total. The topological polar surface area (TPSA) is 59.3 Å². The summed E-state index contributed by atoms with van der Waals surface area (Å²) in [7, 11) is 0. The second-order valence-corrected chi connectivity index (χ2v) is 3.81. The molecule has 0 saturated carbocycles. The van der Waals surface area contributed by atoms with E-state index in [1.54, 1.807) is 0 Å². The van der Waals surface area contributed by atoms with E-state index < -0.39 is 0 Å². The van der Waals surface area contributed by atoms with Gasteiger partial charge in [0.25, 0.3) is 0 Å². The minimum Gasteiger partial charge on any atom is -0.488 e. The molecule has 2 rings (SSSR count). The van der Waals surface area contributed by atoms with Crippen LogP contribution < -0.4 is 21.3 Å². The molecular weight excluding hydrogens is 210 g/mol. The predicted molar refractivity (Wildman–Crippen MR) is 62.5 cm³/mol. The van der Waals surface area contributed by atoms with Crippen molar-refractivity contribution in [3.8, 4) is 5.75 Å². The molecule has 1 atom stereocenters. The third kappa shape index (κ3) is 2.37. The van der Waals surface area contributed by atoms with Crippen molar-refractivity contribution < 1.29 is 4.74 Å². The Labute approximate surface area is 93.8 Å². The molecule has 0 bridgehead atoms. The molecule has 4 N–H and O–H groups in total. The molecule has 0 fully saturated rings. The third-order valence-corrected chi connectivity index (χ3v) is 2.60. The van der Waals surface area contributed by atoms with Crippen molar-refractivity contribution in [3.05, 3.63) is 29.8 Å². The maximum Gasteiger partial charge on any atom is 0.180 e. The van der Waals surface area contributed by atoms with E-state index >= 15 is 0 Å². The summed E-state index contributed by atoms with van der Waals surface area (Å²) in [5.74, 6) is 6.11. The van der Waals surface area contributed by atoms with Gasteiger partial charge in [0.15, 0.2) is 5.11 Å². The number of thiocarbonyl (C=S) groups is 1. The van der Waals surface area contributed by atoms with Crippen molar-refractivity contribution in [1.82, 2.24) is 10.7 Å². The molecule has 0 saturated heterocycles. The Balaban J connectivity index is 1.88. The average molecular weight is 223 g/mol. The number of para-hydroxylation sites is 1. The van der Waals surface area contributed by atoms with Crippen LogP contribution in [0.5, 0.6) is 5.75 Å². The number of hydrogen-bond acceptors (Lipinski definition) is 3. The van der Waals surface area contributed by atoms with E-state index in [1.807, 2.05) is 18.2 Å². The van der Waals surface area contributed by atoms with Crippen LogP contribution in [0.4, 0.5) is 0 Å². The largest absolute Gasteiger partial charge is 0.488 e. The van der Waals surface area contributed by atoms with Gasteiger partial charge in [0.2, 0.25) is 0 Å². The lowest BCUT2D eigenvalue weighted by Gasteiger charge is -2.12. The Morgan fingerprint density at radius 3 is 3.07 bits per heavy atom. The van der Waals surface area contributed by atoms with Gasteiger partial charge in [-0.2, -0.15) is 0 Å². The molecule has 5 heteroatoms. The van der Waals surface area contributed by atoms with Gasteiger partial charge in [0.05, 0.1) is 6.54 Å². The van der Waals surface area contributed by atoms with E-state index in [1.165, 1.54) is 5.56 Å². The summed E-state index contributed by atoms with van der Waals surface area (Å²) in [6.07, 6.45) is 1.05. The summed E-state index contributed by atoms with van der Waals surface area (Å²) in [5, 5.41) is 3.42. The van der Waals surface area contributed by atoms with Crippen LogP contribution in [0.25, 0.3) is 0 Å². The molecule has 15 heavy (non-hydrogen) atoms. The lowest BCUT2D eigenvalue weighted by molar-refractivity contribution is 0.235. The zero-order valence-electron chi connectivity index (χ0n) is 8.19. The minimum atomic E-state index is 0.133. The molecule has 1 heterocycles. The molecule has 0 radical (unpaired) electrons. The highest BCUT2D eigenvalue weighted by atomic mass is 32.1. The van der Waals surface area contributed by atoms with Gasteiger partial charge < -0.3 is 15.5 Å². The number of ether oxygens (including phenoxy) is 1. The number of fused-ring (bicyclic) bond motifs is 1. The highest BCUT2D eigenvalue weighted by Gasteiger charge is 2.21. The molecule has 0 spiro atoms. The Bertz CT molecular complexity index is 344. The van der Waals surface area contributed by atoms with Gasteiger partial charge in [-0.05, 0) is 23.8 Å². The molecule has 1 unspecified atom stereocenters. The Kier molecular flexibility index (Phi) is 3.03. The fraction of sp³-hybridized carbons (Fsp3) is 0.300. The monoisotopic (exact) mass is 223 g/mol. The van der Waals surface area contributed by atoms with Gasteiger partial charge in [-0.15, -0.1) is 0 Å². The lowest BCUT2D eigenvalue weighted by atomic mass is 10.1. The van der Waals surface area contributed by atoms with Crippen LogP contribution in [-0.2, 0) is 6.42 Å². The number of rotatable bonds is 2. The molecule has 80 valence electrons. The molecule has 0 aliphatic carbocycles. The van der Waals surface area contributed by atoms with Gasteiger partial charge in [0.1, 0.15) is 11.9 Å². The van der Waals surface area contributed by atoms with Crippen LogP contribution in [0.1, 0.15) is 5.56 Å².